The first-order valence-corrected chi connectivity index (χ1v) is 10.1. The largest absolute Gasteiger partial charge is 0.478 e. The van der Waals surface area contributed by atoms with Crippen molar-refractivity contribution in [1.82, 2.24) is 0 Å². The number of amides is 2. The number of benzene rings is 2. The van der Waals surface area contributed by atoms with E-state index in [2.05, 4.69) is 10.6 Å². The molecule has 1 unspecified atom stereocenters. The first kappa shape index (κ1) is 22.5. The van der Waals surface area contributed by atoms with Crippen molar-refractivity contribution in [2.24, 2.45) is 5.41 Å². The zero-order valence-electron chi connectivity index (χ0n) is 17.0. The van der Waals surface area contributed by atoms with Gasteiger partial charge in [0.2, 0.25) is 11.8 Å². The molecular weight excluding hydrogens is 388 g/mol. The summed E-state index contributed by atoms with van der Waals surface area (Å²) in [5.41, 5.74) is 1.30. The molecule has 29 heavy (non-hydrogen) atoms. The van der Waals surface area contributed by atoms with Crippen molar-refractivity contribution in [2.45, 2.75) is 44.3 Å². The highest BCUT2D eigenvalue weighted by Crippen LogP contribution is 2.27. The van der Waals surface area contributed by atoms with Gasteiger partial charge in [0.25, 0.3) is 0 Å². The van der Waals surface area contributed by atoms with Crippen molar-refractivity contribution >= 4 is 40.9 Å². The molecule has 0 aliphatic rings. The van der Waals surface area contributed by atoms with Crippen LogP contribution in [0.4, 0.5) is 11.4 Å². The van der Waals surface area contributed by atoms with Crippen molar-refractivity contribution in [3.63, 3.8) is 0 Å². The number of aromatic carboxylic acids is 1. The number of carboxylic acid groups (broad SMARTS) is 1. The lowest BCUT2D eigenvalue weighted by atomic mass is 9.92. The lowest BCUT2D eigenvalue weighted by Crippen LogP contribution is -2.22. The Kier molecular flexibility index (Phi) is 7.45. The molecule has 0 fully saturated rings. The van der Waals surface area contributed by atoms with Gasteiger partial charge in [0.1, 0.15) is 0 Å². The monoisotopic (exact) mass is 414 g/mol. The Morgan fingerprint density at radius 1 is 1.00 bits per heavy atom. The first-order chi connectivity index (χ1) is 13.5. The number of carbonyl (C=O) groups excluding carboxylic acids is 2. The van der Waals surface area contributed by atoms with E-state index in [0.717, 1.165) is 4.90 Å². The van der Waals surface area contributed by atoms with E-state index in [-0.39, 0.29) is 28.0 Å². The maximum Gasteiger partial charge on any atom is 0.335 e. The zero-order valence-corrected chi connectivity index (χ0v) is 17.8. The number of nitrogens with one attached hydrogen (secondary N) is 2. The van der Waals surface area contributed by atoms with Crippen LogP contribution >= 0.6 is 11.8 Å². The molecule has 2 rings (SSSR count). The summed E-state index contributed by atoms with van der Waals surface area (Å²) in [5.74, 6) is -1.25. The van der Waals surface area contributed by atoms with Crippen LogP contribution in [0.3, 0.4) is 0 Å². The molecule has 2 amide bonds. The third-order valence-corrected chi connectivity index (χ3v) is 4.98. The Labute approximate surface area is 175 Å². The lowest BCUT2D eigenvalue weighted by molar-refractivity contribution is -0.118. The van der Waals surface area contributed by atoms with Gasteiger partial charge in [-0.05, 0) is 54.8 Å². The van der Waals surface area contributed by atoms with Gasteiger partial charge in [0.15, 0.2) is 0 Å². The standard InChI is InChI=1S/C22H26N2O4S/c1-14(20(26)24-16-10-8-15(9-11-16)21(27)28)29-18-7-5-6-17(12-18)23-19(25)13-22(2,3)4/h5-12,14H,13H2,1-4H3,(H,23,25)(H,24,26)(H,27,28). The second-order valence-corrected chi connectivity index (χ2v) is 9.36. The summed E-state index contributed by atoms with van der Waals surface area (Å²) < 4.78 is 0. The minimum absolute atomic E-state index is 0.0461. The molecule has 7 heteroatoms. The molecule has 0 saturated carbocycles. The highest BCUT2D eigenvalue weighted by Gasteiger charge is 2.17. The van der Waals surface area contributed by atoms with Crippen LogP contribution in [0.15, 0.2) is 53.4 Å². The summed E-state index contributed by atoms with van der Waals surface area (Å²) in [6, 6.07) is 13.4. The molecule has 0 bridgehead atoms. The number of anilines is 2. The number of hydrogen-bond donors (Lipinski definition) is 3. The van der Waals surface area contributed by atoms with Gasteiger partial charge >= 0.3 is 5.97 Å². The van der Waals surface area contributed by atoms with E-state index in [1.165, 1.54) is 23.9 Å². The maximum atomic E-state index is 12.4. The van der Waals surface area contributed by atoms with Gasteiger partial charge in [-0.3, -0.25) is 9.59 Å². The number of hydrogen-bond acceptors (Lipinski definition) is 4. The average Bonchev–Trinajstić information content (AvgIpc) is 2.60. The van der Waals surface area contributed by atoms with Crippen molar-refractivity contribution in [2.75, 3.05) is 10.6 Å². The van der Waals surface area contributed by atoms with Crippen molar-refractivity contribution < 1.29 is 19.5 Å². The van der Waals surface area contributed by atoms with Crippen LogP contribution in [-0.4, -0.2) is 28.1 Å². The second kappa shape index (κ2) is 9.60. The van der Waals surface area contributed by atoms with Crippen LogP contribution in [0.2, 0.25) is 0 Å². The summed E-state index contributed by atoms with van der Waals surface area (Å²) in [4.78, 5) is 36.3. The van der Waals surface area contributed by atoms with Gasteiger partial charge in [0, 0.05) is 22.7 Å². The quantitative estimate of drug-likeness (QED) is 0.561. The molecule has 0 aromatic heterocycles. The molecule has 2 aromatic carbocycles. The van der Waals surface area contributed by atoms with E-state index < -0.39 is 5.97 Å². The Morgan fingerprint density at radius 3 is 2.24 bits per heavy atom. The van der Waals surface area contributed by atoms with Gasteiger partial charge in [-0.1, -0.05) is 26.8 Å². The molecule has 0 aliphatic carbocycles. The summed E-state index contributed by atoms with van der Waals surface area (Å²) >= 11 is 1.38. The fraction of sp³-hybridized carbons (Fsp3) is 0.318. The SMILES string of the molecule is CC(Sc1cccc(NC(=O)CC(C)(C)C)c1)C(=O)Nc1ccc(C(=O)O)cc1. The molecule has 0 radical (unpaired) electrons. The fourth-order valence-electron chi connectivity index (χ4n) is 2.53. The predicted molar refractivity (Wildman–Crippen MR) is 116 cm³/mol. The molecule has 0 spiro atoms. The minimum atomic E-state index is -1.01. The Balaban J connectivity index is 1.95. The van der Waals surface area contributed by atoms with Crippen LogP contribution in [0, 0.1) is 5.41 Å². The van der Waals surface area contributed by atoms with E-state index >= 15 is 0 Å². The van der Waals surface area contributed by atoms with Crippen LogP contribution in [0.25, 0.3) is 0 Å². The maximum absolute atomic E-state index is 12.4. The van der Waals surface area contributed by atoms with Crippen LogP contribution < -0.4 is 10.6 Å². The number of carboxylic acids is 1. The van der Waals surface area contributed by atoms with E-state index in [1.54, 1.807) is 19.1 Å². The summed E-state index contributed by atoms with van der Waals surface area (Å²) in [6.45, 7) is 7.81. The Morgan fingerprint density at radius 2 is 1.66 bits per heavy atom. The van der Waals surface area contributed by atoms with E-state index in [9.17, 15) is 14.4 Å². The summed E-state index contributed by atoms with van der Waals surface area (Å²) in [7, 11) is 0. The van der Waals surface area contributed by atoms with Gasteiger partial charge in [-0.15, -0.1) is 11.8 Å². The number of rotatable bonds is 7. The smallest absolute Gasteiger partial charge is 0.335 e. The van der Waals surface area contributed by atoms with Gasteiger partial charge in [-0.25, -0.2) is 4.79 Å². The highest BCUT2D eigenvalue weighted by molar-refractivity contribution is 8.00. The predicted octanol–water partition coefficient (Wildman–Crippen LogP) is 4.88. The van der Waals surface area contributed by atoms with Gasteiger partial charge in [-0.2, -0.15) is 0 Å². The fourth-order valence-corrected chi connectivity index (χ4v) is 3.46. The average molecular weight is 415 g/mol. The first-order valence-electron chi connectivity index (χ1n) is 9.24. The van der Waals surface area contributed by atoms with Crippen molar-refractivity contribution in [1.29, 1.82) is 0 Å². The van der Waals surface area contributed by atoms with Crippen LogP contribution in [0.5, 0.6) is 0 Å². The molecule has 0 aliphatic heterocycles. The van der Waals surface area contributed by atoms with E-state index in [4.69, 9.17) is 5.11 Å². The molecule has 2 aromatic rings. The Bertz CT molecular complexity index is 888. The van der Waals surface area contributed by atoms with Gasteiger partial charge < -0.3 is 15.7 Å². The van der Waals surface area contributed by atoms with Crippen molar-refractivity contribution in [3.8, 4) is 0 Å². The molecule has 1 atom stereocenters. The van der Waals surface area contributed by atoms with Crippen LogP contribution in [0.1, 0.15) is 44.5 Å². The normalized spacial score (nSPS) is 12.1. The number of carbonyl (C=O) groups is 3. The number of thioether (sulfide) groups is 1. The second-order valence-electron chi connectivity index (χ2n) is 7.95. The molecule has 0 heterocycles. The Hall–Kier alpha value is -2.80. The van der Waals surface area contributed by atoms with Gasteiger partial charge in [0.05, 0.1) is 10.8 Å². The lowest BCUT2D eigenvalue weighted by Gasteiger charge is -2.17. The summed E-state index contributed by atoms with van der Waals surface area (Å²) in [6.07, 6.45) is 0.420. The van der Waals surface area contributed by atoms with Crippen molar-refractivity contribution in [3.05, 3.63) is 54.1 Å². The molecule has 154 valence electrons. The molecule has 6 nitrogen and oxygen atoms in total. The molecule has 0 saturated heterocycles. The zero-order chi connectivity index (χ0) is 21.6. The molecular formula is C22H26N2O4S. The topological polar surface area (TPSA) is 95.5 Å². The van der Waals surface area contributed by atoms with E-state index in [1.807, 2.05) is 45.0 Å². The summed E-state index contributed by atoms with van der Waals surface area (Å²) in [5, 5.41) is 14.2. The minimum Gasteiger partial charge on any atom is -0.478 e. The third kappa shape index (κ3) is 7.62. The highest BCUT2D eigenvalue weighted by atomic mass is 32.2. The van der Waals surface area contributed by atoms with Crippen LogP contribution in [-0.2, 0) is 9.59 Å². The third-order valence-electron chi connectivity index (χ3n) is 3.89. The van der Waals surface area contributed by atoms with E-state index in [0.29, 0.717) is 17.8 Å². The molecule has 3 N–H and O–H groups in total.